The van der Waals surface area contributed by atoms with E-state index in [9.17, 15) is 13.2 Å². The fourth-order valence-electron chi connectivity index (χ4n) is 3.82. The molecule has 0 amide bonds. The molecule has 0 aliphatic heterocycles. The highest BCUT2D eigenvalue weighted by molar-refractivity contribution is 5.86. The first kappa shape index (κ1) is 21.8. The smallest absolute Gasteiger partial charge is 0.433 e. The van der Waals surface area contributed by atoms with Gasteiger partial charge in [-0.2, -0.15) is 13.2 Å². The van der Waals surface area contributed by atoms with E-state index in [-0.39, 0.29) is 6.04 Å². The second-order valence-corrected chi connectivity index (χ2v) is 7.64. The molecule has 0 saturated heterocycles. The normalized spacial score (nSPS) is 12.7. The minimum absolute atomic E-state index is 0.111. The van der Waals surface area contributed by atoms with Gasteiger partial charge in [-0.15, -0.1) is 0 Å². The highest BCUT2D eigenvalue weighted by Gasteiger charge is 2.32. The van der Waals surface area contributed by atoms with Crippen molar-refractivity contribution in [2.75, 3.05) is 7.11 Å². The van der Waals surface area contributed by atoms with E-state index in [0.29, 0.717) is 23.4 Å². The summed E-state index contributed by atoms with van der Waals surface area (Å²) in [4.78, 5) is 3.58. The Bertz CT molecular complexity index is 1210. The van der Waals surface area contributed by atoms with E-state index in [1.165, 1.54) is 35.7 Å². The molecule has 1 heterocycles. The van der Waals surface area contributed by atoms with E-state index in [1.54, 1.807) is 0 Å². The molecule has 0 unspecified atom stereocenters. The number of pyridine rings is 1. The molecule has 0 saturated carbocycles. The maximum Gasteiger partial charge on any atom is 0.433 e. The molecule has 1 N–H and O–H groups in total. The molecular weight excluding hydrogens is 413 g/mol. The lowest BCUT2D eigenvalue weighted by atomic mass is 9.99. The van der Waals surface area contributed by atoms with Crippen LogP contribution in [0.4, 0.5) is 13.2 Å². The summed E-state index contributed by atoms with van der Waals surface area (Å²) >= 11 is 0. The van der Waals surface area contributed by atoms with Crippen LogP contribution in [0, 0.1) is 0 Å². The van der Waals surface area contributed by atoms with E-state index in [2.05, 4.69) is 47.6 Å². The second kappa shape index (κ2) is 9.01. The predicted molar refractivity (Wildman–Crippen MR) is 120 cm³/mol. The summed E-state index contributed by atoms with van der Waals surface area (Å²) in [5.74, 6) is 0.581. The Hall–Kier alpha value is -3.38. The van der Waals surface area contributed by atoms with Crippen molar-refractivity contribution in [1.29, 1.82) is 0 Å². The number of hydrogen-bond acceptors (Lipinski definition) is 3. The molecule has 1 aromatic heterocycles. The topological polar surface area (TPSA) is 34.1 Å². The maximum absolute atomic E-state index is 12.8. The lowest BCUT2D eigenvalue weighted by Gasteiger charge is -2.18. The Kier molecular flexibility index (Phi) is 6.15. The zero-order valence-electron chi connectivity index (χ0n) is 17.8. The Morgan fingerprint density at radius 3 is 2.47 bits per heavy atom. The standard InChI is InChI=1S/C26H23F3N2O/c1-17(21-9-5-7-19-6-3-4-8-22(19)21)30-15-18-10-12-24(32-2)23(14-18)20-11-13-25(31-16-20)26(27,28)29/h3-14,16-17,30H,15H2,1-2H3/t17-/m1/s1. The van der Waals surface area contributed by atoms with Gasteiger partial charge in [0.1, 0.15) is 11.4 Å². The highest BCUT2D eigenvalue weighted by atomic mass is 19.4. The Labute approximate surface area is 184 Å². The van der Waals surface area contributed by atoms with Gasteiger partial charge >= 0.3 is 6.18 Å². The SMILES string of the molecule is COc1ccc(CN[C@H](C)c2cccc3ccccc23)cc1-c1ccc(C(F)(F)F)nc1. The maximum atomic E-state index is 12.8. The van der Waals surface area contributed by atoms with Gasteiger partial charge in [0, 0.05) is 29.9 Å². The average molecular weight is 436 g/mol. The van der Waals surface area contributed by atoms with Gasteiger partial charge < -0.3 is 10.1 Å². The van der Waals surface area contributed by atoms with Crippen LogP contribution in [0.3, 0.4) is 0 Å². The van der Waals surface area contributed by atoms with Gasteiger partial charge in [-0.3, -0.25) is 4.98 Å². The van der Waals surface area contributed by atoms with Crippen LogP contribution in [0.1, 0.15) is 29.8 Å². The fraction of sp³-hybridized carbons (Fsp3) is 0.192. The molecule has 6 heteroatoms. The van der Waals surface area contributed by atoms with Crippen molar-refractivity contribution in [2.45, 2.75) is 25.7 Å². The largest absolute Gasteiger partial charge is 0.496 e. The zero-order chi connectivity index (χ0) is 22.7. The molecule has 0 fully saturated rings. The molecule has 0 aliphatic carbocycles. The number of fused-ring (bicyclic) bond motifs is 1. The second-order valence-electron chi connectivity index (χ2n) is 7.64. The molecule has 3 aromatic carbocycles. The lowest BCUT2D eigenvalue weighted by Crippen LogP contribution is -2.18. The number of methoxy groups -OCH3 is 1. The van der Waals surface area contributed by atoms with Crippen LogP contribution in [-0.2, 0) is 12.7 Å². The quantitative estimate of drug-likeness (QED) is 0.362. The molecule has 0 spiro atoms. The fourth-order valence-corrected chi connectivity index (χ4v) is 3.82. The summed E-state index contributed by atoms with van der Waals surface area (Å²) in [7, 11) is 1.54. The van der Waals surface area contributed by atoms with Crippen molar-refractivity contribution in [3.8, 4) is 16.9 Å². The van der Waals surface area contributed by atoms with Gasteiger partial charge in [-0.05, 0) is 47.0 Å². The number of rotatable bonds is 6. The van der Waals surface area contributed by atoms with Crippen LogP contribution < -0.4 is 10.1 Å². The number of halogens is 3. The summed E-state index contributed by atoms with van der Waals surface area (Å²) in [5, 5.41) is 5.95. The van der Waals surface area contributed by atoms with Gasteiger partial charge in [-0.25, -0.2) is 0 Å². The third kappa shape index (κ3) is 4.60. The van der Waals surface area contributed by atoms with Crippen molar-refractivity contribution in [1.82, 2.24) is 10.3 Å². The zero-order valence-corrected chi connectivity index (χ0v) is 17.8. The Balaban J connectivity index is 1.56. The third-order valence-corrected chi connectivity index (χ3v) is 5.53. The highest BCUT2D eigenvalue weighted by Crippen LogP contribution is 2.33. The first-order valence-corrected chi connectivity index (χ1v) is 10.3. The van der Waals surface area contributed by atoms with E-state index in [4.69, 9.17) is 4.74 Å². The van der Waals surface area contributed by atoms with Crippen LogP contribution in [0.5, 0.6) is 5.75 Å². The molecule has 1 atom stereocenters. The summed E-state index contributed by atoms with van der Waals surface area (Å²) in [6.07, 6.45) is -3.23. The molecule has 0 bridgehead atoms. The van der Waals surface area contributed by atoms with Crippen molar-refractivity contribution in [2.24, 2.45) is 0 Å². The van der Waals surface area contributed by atoms with Crippen molar-refractivity contribution >= 4 is 10.8 Å². The molecule has 32 heavy (non-hydrogen) atoms. The third-order valence-electron chi connectivity index (χ3n) is 5.53. The predicted octanol–water partition coefficient (Wildman–Crippen LogP) is 6.78. The van der Waals surface area contributed by atoms with Crippen LogP contribution in [0.25, 0.3) is 21.9 Å². The number of aromatic nitrogens is 1. The molecule has 0 aliphatic rings. The Morgan fingerprint density at radius 2 is 1.75 bits per heavy atom. The van der Waals surface area contributed by atoms with Gasteiger partial charge in [-0.1, -0.05) is 54.6 Å². The number of nitrogens with one attached hydrogen (secondary N) is 1. The van der Waals surface area contributed by atoms with E-state index in [0.717, 1.165) is 11.6 Å². The number of nitrogens with zero attached hydrogens (tertiary/aromatic N) is 1. The minimum atomic E-state index is -4.47. The lowest BCUT2D eigenvalue weighted by molar-refractivity contribution is -0.141. The van der Waals surface area contributed by atoms with Gasteiger partial charge in [0.2, 0.25) is 0 Å². The van der Waals surface area contributed by atoms with Gasteiger partial charge in [0.25, 0.3) is 0 Å². The Morgan fingerprint density at radius 1 is 0.969 bits per heavy atom. The van der Waals surface area contributed by atoms with Crippen molar-refractivity contribution < 1.29 is 17.9 Å². The number of alkyl halides is 3. The average Bonchev–Trinajstić information content (AvgIpc) is 2.81. The first-order chi connectivity index (χ1) is 15.4. The summed E-state index contributed by atoms with van der Waals surface area (Å²) in [5.41, 5.74) is 2.56. The number of hydrogen-bond donors (Lipinski definition) is 1. The van der Waals surface area contributed by atoms with Crippen LogP contribution in [0.2, 0.25) is 0 Å². The molecule has 4 aromatic rings. The number of ether oxygens (including phenoxy) is 1. The summed E-state index contributed by atoms with van der Waals surface area (Å²) in [6, 6.07) is 22.8. The molecule has 3 nitrogen and oxygen atoms in total. The van der Waals surface area contributed by atoms with Crippen molar-refractivity contribution in [3.63, 3.8) is 0 Å². The van der Waals surface area contributed by atoms with Crippen molar-refractivity contribution in [3.05, 3.63) is 95.8 Å². The molecule has 4 rings (SSSR count). The summed E-state index contributed by atoms with van der Waals surface area (Å²) < 4.78 is 44.0. The number of benzene rings is 3. The molecule has 164 valence electrons. The minimum Gasteiger partial charge on any atom is -0.496 e. The van der Waals surface area contributed by atoms with Gasteiger partial charge in [0.15, 0.2) is 0 Å². The van der Waals surface area contributed by atoms with E-state index in [1.807, 2.05) is 30.3 Å². The first-order valence-electron chi connectivity index (χ1n) is 10.3. The van der Waals surface area contributed by atoms with E-state index < -0.39 is 11.9 Å². The molecular formula is C26H23F3N2O. The van der Waals surface area contributed by atoms with Crippen LogP contribution in [-0.4, -0.2) is 12.1 Å². The molecule has 0 radical (unpaired) electrons. The summed E-state index contributed by atoms with van der Waals surface area (Å²) in [6.45, 7) is 2.71. The van der Waals surface area contributed by atoms with Gasteiger partial charge in [0.05, 0.1) is 7.11 Å². The van der Waals surface area contributed by atoms with E-state index >= 15 is 0 Å². The monoisotopic (exact) mass is 436 g/mol. The van der Waals surface area contributed by atoms with Crippen LogP contribution in [0.15, 0.2) is 79.0 Å². The van der Waals surface area contributed by atoms with Crippen LogP contribution >= 0.6 is 0 Å².